The zero-order valence-corrected chi connectivity index (χ0v) is 20.6. The fraction of sp³-hybridized carbons (Fsp3) is 0.640. The molecule has 0 spiro atoms. The number of hydrogen-bond acceptors (Lipinski definition) is 6. The maximum absolute atomic E-state index is 12.5. The predicted molar refractivity (Wildman–Crippen MR) is 128 cm³/mol. The zero-order chi connectivity index (χ0) is 24.3. The molecule has 0 aromatic heterocycles. The Morgan fingerprint density at radius 3 is 2.48 bits per heavy atom. The van der Waals surface area contributed by atoms with Gasteiger partial charge in [-0.25, -0.2) is 9.59 Å². The van der Waals surface area contributed by atoms with Gasteiger partial charge >= 0.3 is 12.1 Å². The first-order valence-corrected chi connectivity index (χ1v) is 11.7. The molecule has 8 nitrogen and oxygen atoms in total. The minimum atomic E-state index is -0.537. The van der Waals surface area contributed by atoms with Crippen LogP contribution in [0.3, 0.4) is 0 Å². The van der Waals surface area contributed by atoms with Crippen LogP contribution in [0.2, 0.25) is 0 Å². The summed E-state index contributed by atoms with van der Waals surface area (Å²) in [6, 6.07) is 3.58. The molecule has 2 fully saturated rings. The van der Waals surface area contributed by atoms with Crippen molar-refractivity contribution < 1.29 is 23.9 Å². The first-order chi connectivity index (χ1) is 15.5. The largest absolute Gasteiger partial charge is 0.465 e. The van der Waals surface area contributed by atoms with Crippen LogP contribution in [0, 0.1) is 18.8 Å². The van der Waals surface area contributed by atoms with E-state index in [1.807, 2.05) is 40.7 Å². The number of nitrogens with one attached hydrogen (secondary N) is 2. The summed E-state index contributed by atoms with van der Waals surface area (Å²) < 4.78 is 10.3. The van der Waals surface area contributed by atoms with Crippen molar-refractivity contribution >= 4 is 29.3 Å². The minimum absolute atomic E-state index is 0.0442. The third-order valence-electron chi connectivity index (χ3n) is 6.29. The van der Waals surface area contributed by atoms with E-state index in [9.17, 15) is 14.4 Å². The van der Waals surface area contributed by atoms with Gasteiger partial charge in [0.15, 0.2) is 0 Å². The number of benzene rings is 1. The number of rotatable bonds is 7. The second-order valence-corrected chi connectivity index (χ2v) is 10.2. The van der Waals surface area contributed by atoms with Crippen molar-refractivity contribution in [2.45, 2.75) is 71.9 Å². The van der Waals surface area contributed by atoms with E-state index in [4.69, 9.17) is 9.47 Å². The standard InChI is InChI=1S/C25H37N3O5/c1-15-20(28-12-11-18(14-28)16(2)26-24(31)33-25(3,4)5)10-9-19(23(30)32-6)22(15)27-21(29)13-17-7-8-17/h9-10,16-18H,7-8,11-14H2,1-6H3,(H,26,31)(H,27,29)/t16-,18+/m0/s1. The maximum atomic E-state index is 12.5. The van der Waals surface area contributed by atoms with Gasteiger partial charge in [-0.3, -0.25) is 4.79 Å². The van der Waals surface area contributed by atoms with Crippen molar-refractivity contribution in [1.29, 1.82) is 0 Å². The second kappa shape index (κ2) is 10.0. The molecule has 1 saturated heterocycles. The van der Waals surface area contributed by atoms with Crippen molar-refractivity contribution in [3.05, 3.63) is 23.3 Å². The molecule has 0 radical (unpaired) electrons. The van der Waals surface area contributed by atoms with Crippen molar-refractivity contribution in [3.63, 3.8) is 0 Å². The molecule has 2 atom stereocenters. The molecule has 1 aliphatic heterocycles. The molecule has 1 aliphatic carbocycles. The van der Waals surface area contributed by atoms with Gasteiger partial charge < -0.3 is 25.0 Å². The summed E-state index contributed by atoms with van der Waals surface area (Å²) in [6.07, 6.45) is 3.15. The number of hydrogen-bond donors (Lipinski definition) is 2. The van der Waals surface area contributed by atoms with Crippen LogP contribution in [0.5, 0.6) is 0 Å². The van der Waals surface area contributed by atoms with E-state index < -0.39 is 17.7 Å². The minimum Gasteiger partial charge on any atom is -0.465 e. The van der Waals surface area contributed by atoms with Crippen LogP contribution >= 0.6 is 0 Å². The van der Waals surface area contributed by atoms with Gasteiger partial charge in [0.05, 0.1) is 18.4 Å². The van der Waals surface area contributed by atoms with E-state index in [1.54, 1.807) is 6.07 Å². The molecule has 0 bridgehead atoms. The number of nitrogens with zero attached hydrogens (tertiary/aromatic N) is 1. The highest BCUT2D eigenvalue weighted by Gasteiger charge is 2.31. The van der Waals surface area contributed by atoms with E-state index >= 15 is 0 Å². The third-order valence-corrected chi connectivity index (χ3v) is 6.29. The number of alkyl carbamates (subject to hydrolysis) is 1. The van der Waals surface area contributed by atoms with Crippen LogP contribution in [0.4, 0.5) is 16.2 Å². The lowest BCUT2D eigenvalue weighted by molar-refractivity contribution is -0.116. The molecule has 1 heterocycles. The molecule has 8 heteroatoms. The van der Waals surface area contributed by atoms with Crippen molar-refractivity contribution in [2.24, 2.45) is 11.8 Å². The lowest BCUT2D eigenvalue weighted by Gasteiger charge is -2.26. The number of anilines is 2. The summed E-state index contributed by atoms with van der Waals surface area (Å²) >= 11 is 0. The highest BCUT2D eigenvalue weighted by Crippen LogP contribution is 2.36. The fourth-order valence-corrected chi connectivity index (χ4v) is 4.28. The molecule has 33 heavy (non-hydrogen) atoms. The normalized spacial score (nSPS) is 19.1. The molecule has 182 valence electrons. The predicted octanol–water partition coefficient (Wildman–Crippen LogP) is 4.26. The number of amides is 2. The molecule has 2 N–H and O–H groups in total. The van der Waals surface area contributed by atoms with Gasteiger partial charge in [-0.15, -0.1) is 0 Å². The summed E-state index contributed by atoms with van der Waals surface area (Å²) in [7, 11) is 1.34. The summed E-state index contributed by atoms with van der Waals surface area (Å²) in [5, 5.41) is 5.92. The quantitative estimate of drug-likeness (QED) is 0.592. The highest BCUT2D eigenvalue weighted by molar-refractivity contribution is 6.03. The molecule has 0 unspecified atom stereocenters. The number of carbonyl (C=O) groups excluding carboxylic acids is 3. The van der Waals surface area contributed by atoms with Gasteiger partial charge in [-0.2, -0.15) is 0 Å². The molecule has 2 aliphatic rings. The number of carbonyl (C=O) groups is 3. The number of esters is 1. The highest BCUT2D eigenvalue weighted by atomic mass is 16.6. The Balaban J connectivity index is 1.73. The lowest BCUT2D eigenvalue weighted by atomic mass is 10.0. The molecular weight excluding hydrogens is 422 g/mol. The van der Waals surface area contributed by atoms with E-state index in [2.05, 4.69) is 15.5 Å². The lowest BCUT2D eigenvalue weighted by Crippen LogP contribution is -2.42. The first kappa shape index (κ1) is 24.9. The van der Waals surface area contributed by atoms with Crippen LogP contribution in [0.1, 0.15) is 69.3 Å². The molecule has 1 aromatic rings. The van der Waals surface area contributed by atoms with Gasteiger partial charge in [-0.05, 0) is 83.4 Å². The average Bonchev–Trinajstić information content (AvgIpc) is 3.38. The van der Waals surface area contributed by atoms with E-state index in [0.717, 1.165) is 43.6 Å². The Hall–Kier alpha value is -2.77. The third kappa shape index (κ3) is 6.62. The van der Waals surface area contributed by atoms with E-state index in [1.165, 1.54) is 7.11 Å². The van der Waals surface area contributed by atoms with E-state index in [0.29, 0.717) is 23.6 Å². The first-order valence-electron chi connectivity index (χ1n) is 11.7. The second-order valence-electron chi connectivity index (χ2n) is 10.2. The van der Waals surface area contributed by atoms with Gasteiger partial charge in [0, 0.05) is 31.2 Å². The Labute approximate surface area is 196 Å². The van der Waals surface area contributed by atoms with Crippen LogP contribution in [0.25, 0.3) is 0 Å². The summed E-state index contributed by atoms with van der Waals surface area (Å²) in [6.45, 7) is 11.0. The zero-order valence-electron chi connectivity index (χ0n) is 20.6. The monoisotopic (exact) mass is 459 g/mol. The Kier molecular flexibility index (Phi) is 7.55. The Morgan fingerprint density at radius 1 is 1.18 bits per heavy atom. The molecule has 1 saturated carbocycles. The van der Waals surface area contributed by atoms with Crippen LogP contribution < -0.4 is 15.5 Å². The Bertz CT molecular complexity index is 904. The van der Waals surface area contributed by atoms with E-state index in [-0.39, 0.29) is 17.9 Å². The molecule has 2 amide bonds. The maximum Gasteiger partial charge on any atom is 0.407 e. The molecule has 3 rings (SSSR count). The van der Waals surface area contributed by atoms with Gasteiger partial charge in [-0.1, -0.05) is 0 Å². The molecular formula is C25H37N3O5. The van der Waals surface area contributed by atoms with Gasteiger partial charge in [0.1, 0.15) is 5.60 Å². The van der Waals surface area contributed by atoms with Gasteiger partial charge in [0.2, 0.25) is 5.91 Å². The van der Waals surface area contributed by atoms with Crippen molar-refractivity contribution in [3.8, 4) is 0 Å². The average molecular weight is 460 g/mol. The van der Waals surface area contributed by atoms with Crippen LogP contribution in [-0.2, 0) is 14.3 Å². The fourth-order valence-electron chi connectivity index (χ4n) is 4.28. The number of ether oxygens (including phenoxy) is 2. The van der Waals surface area contributed by atoms with Crippen molar-refractivity contribution in [1.82, 2.24) is 5.32 Å². The van der Waals surface area contributed by atoms with Crippen molar-refractivity contribution in [2.75, 3.05) is 30.4 Å². The van der Waals surface area contributed by atoms with Crippen LogP contribution in [0.15, 0.2) is 12.1 Å². The summed E-state index contributed by atoms with van der Waals surface area (Å²) in [5.74, 6) is 0.164. The molecule has 1 aromatic carbocycles. The SMILES string of the molecule is COC(=O)c1ccc(N2CC[C@@H]([C@H](C)NC(=O)OC(C)(C)C)C2)c(C)c1NC(=O)CC1CC1. The topological polar surface area (TPSA) is 97.0 Å². The Morgan fingerprint density at radius 2 is 1.88 bits per heavy atom. The number of methoxy groups -OCH3 is 1. The summed E-state index contributed by atoms with van der Waals surface area (Å²) in [4.78, 5) is 39.3. The smallest absolute Gasteiger partial charge is 0.407 e. The van der Waals surface area contributed by atoms with Crippen LogP contribution in [-0.4, -0.2) is 49.8 Å². The summed E-state index contributed by atoms with van der Waals surface area (Å²) in [5.41, 5.74) is 2.16. The van der Waals surface area contributed by atoms with Gasteiger partial charge in [0.25, 0.3) is 0 Å².